The monoisotopic (exact) mass is 370 g/mol. The number of nitrogens with zero attached hydrogens (tertiary/aromatic N) is 3. The summed E-state index contributed by atoms with van der Waals surface area (Å²) >= 11 is 2.31. The summed E-state index contributed by atoms with van der Waals surface area (Å²) in [5.74, 6) is 1.50. The molecule has 0 radical (unpaired) electrons. The molecule has 0 saturated carbocycles. The van der Waals surface area contributed by atoms with E-state index in [0.717, 1.165) is 25.5 Å². The van der Waals surface area contributed by atoms with Crippen molar-refractivity contribution in [1.29, 1.82) is 0 Å². The van der Waals surface area contributed by atoms with E-state index in [4.69, 9.17) is 0 Å². The van der Waals surface area contributed by atoms with E-state index in [0.29, 0.717) is 5.92 Å². The molecule has 1 heterocycles. The standard InChI is InChI=1S/C14H19IN4/c1-11(2)7-16-8-14-17-10-19(18-14)9-12-3-5-13(15)6-4-12/h3-6,10-11,16H,7-9H2,1-2H3. The van der Waals surface area contributed by atoms with Crippen LogP contribution in [0.2, 0.25) is 0 Å². The second-order valence-corrected chi connectivity index (χ2v) is 6.26. The fourth-order valence-corrected chi connectivity index (χ4v) is 2.10. The van der Waals surface area contributed by atoms with Gasteiger partial charge < -0.3 is 5.32 Å². The maximum absolute atomic E-state index is 4.47. The predicted octanol–water partition coefficient (Wildman–Crippen LogP) is 2.68. The lowest BCUT2D eigenvalue weighted by atomic mass is 10.2. The van der Waals surface area contributed by atoms with E-state index in [2.05, 4.69) is 76.1 Å². The van der Waals surface area contributed by atoms with E-state index >= 15 is 0 Å². The van der Waals surface area contributed by atoms with Crippen molar-refractivity contribution in [2.75, 3.05) is 6.54 Å². The van der Waals surface area contributed by atoms with Crippen molar-refractivity contribution in [3.63, 3.8) is 0 Å². The zero-order chi connectivity index (χ0) is 13.7. The Kier molecular flexibility index (Phi) is 5.33. The van der Waals surface area contributed by atoms with Crippen LogP contribution >= 0.6 is 22.6 Å². The minimum Gasteiger partial charge on any atom is -0.310 e. The van der Waals surface area contributed by atoms with Gasteiger partial charge in [-0.3, -0.25) is 0 Å². The highest BCUT2D eigenvalue weighted by Gasteiger charge is 2.02. The summed E-state index contributed by atoms with van der Waals surface area (Å²) in [4.78, 5) is 4.31. The van der Waals surface area contributed by atoms with Crippen LogP contribution in [0.3, 0.4) is 0 Å². The van der Waals surface area contributed by atoms with Crippen LogP contribution < -0.4 is 5.32 Å². The van der Waals surface area contributed by atoms with Gasteiger partial charge in [-0.15, -0.1) is 0 Å². The highest BCUT2D eigenvalue weighted by Crippen LogP contribution is 2.07. The summed E-state index contributed by atoms with van der Waals surface area (Å²) in [6.07, 6.45) is 1.80. The van der Waals surface area contributed by atoms with Gasteiger partial charge in [0, 0.05) is 3.57 Å². The van der Waals surface area contributed by atoms with E-state index < -0.39 is 0 Å². The lowest BCUT2D eigenvalue weighted by Crippen LogP contribution is -2.19. The lowest BCUT2D eigenvalue weighted by molar-refractivity contribution is 0.539. The Morgan fingerprint density at radius 3 is 2.68 bits per heavy atom. The molecule has 0 aliphatic carbocycles. The third kappa shape index (κ3) is 4.91. The number of hydrogen-bond acceptors (Lipinski definition) is 3. The molecule has 5 heteroatoms. The van der Waals surface area contributed by atoms with Gasteiger partial charge in [0.15, 0.2) is 5.82 Å². The molecule has 2 aromatic rings. The molecule has 1 N–H and O–H groups in total. The zero-order valence-corrected chi connectivity index (χ0v) is 13.5. The average molecular weight is 370 g/mol. The summed E-state index contributed by atoms with van der Waals surface area (Å²) in [5, 5.41) is 7.81. The fraction of sp³-hybridized carbons (Fsp3) is 0.429. The van der Waals surface area contributed by atoms with Gasteiger partial charge in [-0.05, 0) is 52.7 Å². The summed E-state index contributed by atoms with van der Waals surface area (Å²) in [7, 11) is 0. The SMILES string of the molecule is CC(C)CNCc1ncn(Cc2ccc(I)cc2)n1. The third-order valence-electron chi connectivity index (χ3n) is 2.68. The zero-order valence-electron chi connectivity index (χ0n) is 11.3. The Bertz CT molecular complexity index is 504. The van der Waals surface area contributed by atoms with E-state index in [9.17, 15) is 0 Å². The van der Waals surface area contributed by atoms with Crippen LogP contribution in [-0.2, 0) is 13.1 Å². The van der Waals surface area contributed by atoms with E-state index in [1.807, 2.05) is 4.68 Å². The number of benzene rings is 1. The molecule has 0 bridgehead atoms. The quantitative estimate of drug-likeness (QED) is 0.796. The van der Waals surface area contributed by atoms with Crippen molar-refractivity contribution in [3.05, 3.63) is 45.6 Å². The summed E-state index contributed by atoms with van der Waals surface area (Å²) < 4.78 is 3.13. The minimum absolute atomic E-state index is 0.647. The van der Waals surface area contributed by atoms with Gasteiger partial charge in [0.1, 0.15) is 6.33 Å². The van der Waals surface area contributed by atoms with Crippen LogP contribution in [0.5, 0.6) is 0 Å². The Hall–Kier alpha value is -0.950. The second kappa shape index (κ2) is 7.00. The van der Waals surface area contributed by atoms with E-state index in [1.165, 1.54) is 9.13 Å². The first-order chi connectivity index (χ1) is 9.13. The van der Waals surface area contributed by atoms with Crippen LogP contribution in [0, 0.1) is 9.49 Å². The van der Waals surface area contributed by atoms with Crippen molar-refractivity contribution in [1.82, 2.24) is 20.1 Å². The van der Waals surface area contributed by atoms with Crippen molar-refractivity contribution < 1.29 is 0 Å². The van der Waals surface area contributed by atoms with Crippen molar-refractivity contribution in [3.8, 4) is 0 Å². The molecule has 0 spiro atoms. The molecule has 1 aromatic carbocycles. The Morgan fingerprint density at radius 1 is 1.26 bits per heavy atom. The Labute approximate surface area is 127 Å². The van der Waals surface area contributed by atoms with E-state index in [-0.39, 0.29) is 0 Å². The first-order valence-corrected chi connectivity index (χ1v) is 7.55. The van der Waals surface area contributed by atoms with Crippen LogP contribution in [-0.4, -0.2) is 21.3 Å². The molecule has 0 fully saturated rings. The number of halogens is 1. The maximum Gasteiger partial charge on any atom is 0.164 e. The molecule has 2 rings (SSSR count). The molecule has 4 nitrogen and oxygen atoms in total. The lowest BCUT2D eigenvalue weighted by Gasteiger charge is -2.04. The number of nitrogens with one attached hydrogen (secondary N) is 1. The number of rotatable bonds is 6. The average Bonchev–Trinajstić information content (AvgIpc) is 2.79. The summed E-state index contributed by atoms with van der Waals surface area (Å²) in [6, 6.07) is 8.47. The summed E-state index contributed by atoms with van der Waals surface area (Å²) in [5.41, 5.74) is 1.24. The van der Waals surface area contributed by atoms with Crippen LogP contribution in [0.1, 0.15) is 25.2 Å². The second-order valence-electron chi connectivity index (χ2n) is 5.01. The normalized spacial score (nSPS) is 11.2. The molecule has 19 heavy (non-hydrogen) atoms. The van der Waals surface area contributed by atoms with Crippen molar-refractivity contribution in [2.24, 2.45) is 5.92 Å². The van der Waals surface area contributed by atoms with Crippen LogP contribution in [0.4, 0.5) is 0 Å². The molecular formula is C14H19IN4. The largest absolute Gasteiger partial charge is 0.310 e. The Balaban J connectivity index is 1.88. The van der Waals surface area contributed by atoms with Gasteiger partial charge in [0.05, 0.1) is 13.1 Å². The molecule has 0 atom stereocenters. The molecule has 0 aliphatic rings. The van der Waals surface area contributed by atoms with Crippen LogP contribution in [0.25, 0.3) is 0 Å². The van der Waals surface area contributed by atoms with Gasteiger partial charge in [-0.25, -0.2) is 9.67 Å². The molecule has 102 valence electrons. The highest BCUT2D eigenvalue weighted by atomic mass is 127. The van der Waals surface area contributed by atoms with Gasteiger partial charge in [-0.2, -0.15) is 5.10 Å². The molecular weight excluding hydrogens is 351 g/mol. The van der Waals surface area contributed by atoms with Gasteiger partial charge in [0.2, 0.25) is 0 Å². The van der Waals surface area contributed by atoms with Crippen molar-refractivity contribution >= 4 is 22.6 Å². The number of hydrogen-bond donors (Lipinski definition) is 1. The molecule has 0 aliphatic heterocycles. The predicted molar refractivity (Wildman–Crippen MR) is 84.8 cm³/mol. The van der Waals surface area contributed by atoms with Gasteiger partial charge in [0.25, 0.3) is 0 Å². The minimum atomic E-state index is 0.647. The molecule has 0 unspecified atom stereocenters. The molecule has 0 saturated heterocycles. The van der Waals surface area contributed by atoms with E-state index in [1.54, 1.807) is 6.33 Å². The first kappa shape index (κ1) is 14.5. The Morgan fingerprint density at radius 2 is 2.00 bits per heavy atom. The smallest absolute Gasteiger partial charge is 0.164 e. The molecule has 1 aromatic heterocycles. The van der Waals surface area contributed by atoms with Gasteiger partial charge >= 0.3 is 0 Å². The highest BCUT2D eigenvalue weighted by molar-refractivity contribution is 14.1. The number of aromatic nitrogens is 3. The maximum atomic E-state index is 4.47. The third-order valence-corrected chi connectivity index (χ3v) is 3.40. The summed E-state index contributed by atoms with van der Waals surface area (Å²) in [6.45, 7) is 6.88. The first-order valence-electron chi connectivity index (χ1n) is 6.47. The van der Waals surface area contributed by atoms with Crippen molar-refractivity contribution in [2.45, 2.75) is 26.9 Å². The van der Waals surface area contributed by atoms with Crippen LogP contribution in [0.15, 0.2) is 30.6 Å². The van der Waals surface area contributed by atoms with Gasteiger partial charge in [-0.1, -0.05) is 26.0 Å². The fourth-order valence-electron chi connectivity index (χ4n) is 1.74. The molecule has 0 amide bonds. The topological polar surface area (TPSA) is 42.7 Å².